The van der Waals surface area contributed by atoms with Gasteiger partial charge in [0, 0.05) is 11.7 Å². The Kier molecular flexibility index (Phi) is 3.07. The molecular formula is C13H16N2O3. The zero-order valence-corrected chi connectivity index (χ0v) is 10.9. The first-order chi connectivity index (χ1) is 8.41. The standard InChI is InChI=1S/C13H16N2O3/c1-7(2)10-5-9-11(6-14-10)18-13(17)15(8(3)4)12(9)16/h5-8H,1-4H3. The molecule has 0 N–H and O–H groups in total. The third-order valence-corrected chi connectivity index (χ3v) is 2.84. The molecule has 0 unspecified atom stereocenters. The predicted molar refractivity (Wildman–Crippen MR) is 69.0 cm³/mol. The van der Waals surface area contributed by atoms with Crippen LogP contribution in [0.3, 0.4) is 0 Å². The van der Waals surface area contributed by atoms with Crippen LogP contribution in [0.25, 0.3) is 11.0 Å². The monoisotopic (exact) mass is 248 g/mol. The van der Waals surface area contributed by atoms with Gasteiger partial charge in [-0.05, 0) is 25.8 Å². The molecule has 2 aromatic heterocycles. The predicted octanol–water partition coefficient (Wildman–Crippen LogP) is 2.05. The summed E-state index contributed by atoms with van der Waals surface area (Å²) in [6.45, 7) is 7.53. The SMILES string of the molecule is CC(C)c1cc2c(=O)n(C(C)C)c(=O)oc2cn1. The molecule has 0 atom stereocenters. The minimum absolute atomic E-state index is 0.216. The van der Waals surface area contributed by atoms with Crippen LogP contribution in [0.1, 0.15) is 45.3 Å². The number of aromatic nitrogens is 2. The first-order valence-electron chi connectivity index (χ1n) is 5.97. The number of hydrogen-bond donors (Lipinski definition) is 0. The van der Waals surface area contributed by atoms with Gasteiger partial charge in [-0.2, -0.15) is 0 Å². The molecule has 2 heterocycles. The van der Waals surface area contributed by atoms with Crippen LogP contribution in [0.5, 0.6) is 0 Å². The molecule has 0 radical (unpaired) electrons. The topological polar surface area (TPSA) is 65.1 Å². The van der Waals surface area contributed by atoms with Gasteiger partial charge in [0.15, 0.2) is 5.58 Å². The lowest BCUT2D eigenvalue weighted by Crippen LogP contribution is -2.34. The molecule has 18 heavy (non-hydrogen) atoms. The molecule has 0 aromatic carbocycles. The molecule has 0 saturated carbocycles. The molecule has 0 spiro atoms. The number of fused-ring (bicyclic) bond motifs is 1. The molecule has 0 fully saturated rings. The van der Waals surface area contributed by atoms with Gasteiger partial charge < -0.3 is 4.42 Å². The van der Waals surface area contributed by atoms with E-state index in [-0.39, 0.29) is 23.1 Å². The van der Waals surface area contributed by atoms with Crippen LogP contribution in [-0.4, -0.2) is 9.55 Å². The second-order valence-corrected chi connectivity index (χ2v) is 4.90. The lowest BCUT2D eigenvalue weighted by Gasteiger charge is -2.09. The Balaban J connectivity index is 2.86. The summed E-state index contributed by atoms with van der Waals surface area (Å²) in [7, 11) is 0. The number of nitrogens with zero attached hydrogens (tertiary/aromatic N) is 2. The maximum Gasteiger partial charge on any atom is 0.422 e. The summed E-state index contributed by atoms with van der Waals surface area (Å²) in [5.41, 5.74) is 0.732. The summed E-state index contributed by atoms with van der Waals surface area (Å²) < 4.78 is 6.23. The average Bonchev–Trinajstić information content (AvgIpc) is 2.27. The van der Waals surface area contributed by atoms with Gasteiger partial charge in [-0.15, -0.1) is 0 Å². The van der Waals surface area contributed by atoms with Gasteiger partial charge in [0.2, 0.25) is 0 Å². The lowest BCUT2D eigenvalue weighted by molar-refractivity contribution is 0.425. The Hall–Kier alpha value is -1.91. The lowest BCUT2D eigenvalue weighted by atomic mass is 10.1. The fourth-order valence-corrected chi connectivity index (χ4v) is 1.82. The molecular weight excluding hydrogens is 232 g/mol. The van der Waals surface area contributed by atoms with E-state index in [0.29, 0.717) is 5.39 Å². The fraction of sp³-hybridized carbons (Fsp3) is 0.462. The Morgan fingerprint density at radius 3 is 2.44 bits per heavy atom. The highest BCUT2D eigenvalue weighted by molar-refractivity contribution is 5.74. The van der Waals surface area contributed by atoms with Crippen molar-refractivity contribution in [2.75, 3.05) is 0 Å². The highest BCUT2D eigenvalue weighted by Crippen LogP contribution is 2.15. The van der Waals surface area contributed by atoms with Crippen LogP contribution in [0, 0.1) is 0 Å². The summed E-state index contributed by atoms with van der Waals surface area (Å²) in [6, 6.07) is 1.47. The Labute approximate surface area is 104 Å². The van der Waals surface area contributed by atoms with Crippen molar-refractivity contribution in [2.45, 2.75) is 39.7 Å². The molecule has 0 aliphatic carbocycles. The van der Waals surface area contributed by atoms with E-state index in [9.17, 15) is 9.59 Å². The molecule has 0 aliphatic rings. The van der Waals surface area contributed by atoms with Gasteiger partial charge in [0.05, 0.1) is 11.6 Å². The van der Waals surface area contributed by atoms with Crippen LogP contribution in [0.4, 0.5) is 0 Å². The minimum atomic E-state index is -0.637. The van der Waals surface area contributed by atoms with E-state index in [1.165, 1.54) is 6.20 Å². The van der Waals surface area contributed by atoms with Crippen molar-refractivity contribution in [3.05, 3.63) is 38.9 Å². The molecule has 5 heteroatoms. The summed E-state index contributed by atoms with van der Waals surface area (Å²) in [6.07, 6.45) is 1.44. The first kappa shape index (κ1) is 12.5. The quantitative estimate of drug-likeness (QED) is 0.815. The van der Waals surface area contributed by atoms with E-state index in [2.05, 4.69) is 4.98 Å². The Bertz CT molecular complexity index is 695. The van der Waals surface area contributed by atoms with E-state index in [1.807, 2.05) is 13.8 Å². The third-order valence-electron chi connectivity index (χ3n) is 2.84. The van der Waals surface area contributed by atoms with Crippen LogP contribution >= 0.6 is 0 Å². The molecule has 5 nitrogen and oxygen atoms in total. The zero-order chi connectivity index (χ0) is 13.4. The van der Waals surface area contributed by atoms with Crippen molar-refractivity contribution in [1.29, 1.82) is 0 Å². The van der Waals surface area contributed by atoms with Gasteiger partial charge in [-0.3, -0.25) is 9.78 Å². The Morgan fingerprint density at radius 1 is 1.22 bits per heavy atom. The summed E-state index contributed by atoms with van der Waals surface area (Å²) in [5, 5.41) is 0.405. The second-order valence-electron chi connectivity index (χ2n) is 4.90. The van der Waals surface area contributed by atoms with E-state index in [1.54, 1.807) is 19.9 Å². The van der Waals surface area contributed by atoms with Crippen LogP contribution in [0.15, 0.2) is 26.3 Å². The third kappa shape index (κ3) is 1.96. The highest BCUT2D eigenvalue weighted by Gasteiger charge is 2.13. The van der Waals surface area contributed by atoms with Gasteiger partial charge in [-0.1, -0.05) is 13.8 Å². The highest BCUT2D eigenvalue weighted by atomic mass is 16.4. The molecule has 96 valence electrons. The van der Waals surface area contributed by atoms with Gasteiger partial charge in [0.25, 0.3) is 5.56 Å². The van der Waals surface area contributed by atoms with Gasteiger partial charge in [0.1, 0.15) is 0 Å². The van der Waals surface area contributed by atoms with E-state index < -0.39 is 5.76 Å². The van der Waals surface area contributed by atoms with Gasteiger partial charge >= 0.3 is 5.76 Å². The van der Waals surface area contributed by atoms with Crippen molar-refractivity contribution in [1.82, 2.24) is 9.55 Å². The van der Waals surface area contributed by atoms with E-state index in [0.717, 1.165) is 10.3 Å². The number of hydrogen-bond acceptors (Lipinski definition) is 4. The fourth-order valence-electron chi connectivity index (χ4n) is 1.82. The number of pyridine rings is 1. The molecule has 0 aliphatic heterocycles. The molecule has 0 saturated heterocycles. The minimum Gasteiger partial charge on any atom is -0.407 e. The van der Waals surface area contributed by atoms with Crippen molar-refractivity contribution in [2.24, 2.45) is 0 Å². The van der Waals surface area contributed by atoms with E-state index in [4.69, 9.17) is 4.42 Å². The largest absolute Gasteiger partial charge is 0.422 e. The van der Waals surface area contributed by atoms with Crippen molar-refractivity contribution >= 4 is 11.0 Å². The van der Waals surface area contributed by atoms with Crippen LogP contribution < -0.4 is 11.3 Å². The maximum atomic E-state index is 12.2. The van der Waals surface area contributed by atoms with Crippen molar-refractivity contribution in [3.63, 3.8) is 0 Å². The maximum absolute atomic E-state index is 12.2. The van der Waals surface area contributed by atoms with E-state index >= 15 is 0 Å². The second kappa shape index (κ2) is 4.40. The zero-order valence-electron chi connectivity index (χ0n) is 10.9. The number of rotatable bonds is 2. The average molecular weight is 248 g/mol. The summed E-state index contributed by atoms with van der Waals surface area (Å²) in [4.78, 5) is 28.1. The summed E-state index contributed by atoms with van der Waals surface area (Å²) in [5.74, 6) is -0.421. The molecule has 0 amide bonds. The van der Waals surface area contributed by atoms with Crippen molar-refractivity contribution in [3.8, 4) is 0 Å². The molecule has 0 bridgehead atoms. The Morgan fingerprint density at radius 2 is 1.89 bits per heavy atom. The normalized spacial score (nSPS) is 11.7. The molecule has 2 rings (SSSR count). The van der Waals surface area contributed by atoms with Gasteiger partial charge in [-0.25, -0.2) is 9.36 Å². The summed E-state index contributed by atoms with van der Waals surface area (Å²) >= 11 is 0. The molecule has 2 aromatic rings. The van der Waals surface area contributed by atoms with Crippen LogP contribution in [0.2, 0.25) is 0 Å². The van der Waals surface area contributed by atoms with Crippen molar-refractivity contribution < 1.29 is 4.42 Å². The van der Waals surface area contributed by atoms with Crippen LogP contribution in [-0.2, 0) is 0 Å². The smallest absolute Gasteiger partial charge is 0.407 e. The first-order valence-corrected chi connectivity index (χ1v) is 5.97.